The third-order valence-corrected chi connectivity index (χ3v) is 2.77. The zero-order valence-electron chi connectivity index (χ0n) is 9.10. The van der Waals surface area contributed by atoms with Crippen LogP contribution >= 0.6 is 0 Å². The molecule has 0 aliphatic carbocycles. The van der Waals surface area contributed by atoms with Crippen molar-refractivity contribution >= 4 is 5.97 Å². The van der Waals surface area contributed by atoms with Gasteiger partial charge in [-0.15, -0.1) is 0 Å². The topological polar surface area (TPSA) is 52.6 Å². The number of benzene rings is 1. The molecule has 16 heavy (non-hydrogen) atoms. The predicted molar refractivity (Wildman–Crippen MR) is 60.6 cm³/mol. The number of hydrogen-bond acceptors (Lipinski definition) is 3. The number of hydrazine groups is 1. The Morgan fingerprint density at radius 2 is 2.19 bits per heavy atom. The SMILES string of the molecule is O=C(O)C1CCCN(Cc2ccccc2)N1. The van der Waals surface area contributed by atoms with Crippen LogP contribution in [0.5, 0.6) is 0 Å². The third-order valence-electron chi connectivity index (χ3n) is 2.77. The largest absolute Gasteiger partial charge is 0.480 e. The predicted octanol–water partition coefficient (Wildman–Crippen LogP) is 1.24. The monoisotopic (exact) mass is 220 g/mol. The van der Waals surface area contributed by atoms with E-state index in [-0.39, 0.29) is 0 Å². The number of rotatable bonds is 3. The van der Waals surface area contributed by atoms with Gasteiger partial charge in [-0.2, -0.15) is 0 Å². The summed E-state index contributed by atoms with van der Waals surface area (Å²) in [6, 6.07) is 9.63. The molecule has 1 aliphatic rings. The molecule has 0 aromatic heterocycles. The lowest BCUT2D eigenvalue weighted by Crippen LogP contribution is -2.52. The number of hydrogen-bond donors (Lipinski definition) is 2. The molecule has 1 aromatic carbocycles. The van der Waals surface area contributed by atoms with Gasteiger partial charge in [-0.3, -0.25) is 4.79 Å². The molecule has 1 saturated heterocycles. The van der Waals surface area contributed by atoms with Gasteiger partial charge in [0.25, 0.3) is 0 Å². The Morgan fingerprint density at radius 3 is 2.88 bits per heavy atom. The van der Waals surface area contributed by atoms with Crippen LogP contribution in [-0.2, 0) is 11.3 Å². The molecule has 0 radical (unpaired) electrons. The first-order chi connectivity index (χ1) is 7.75. The van der Waals surface area contributed by atoms with Crippen LogP contribution in [0.1, 0.15) is 18.4 Å². The zero-order chi connectivity index (χ0) is 11.4. The Morgan fingerprint density at radius 1 is 1.44 bits per heavy atom. The summed E-state index contributed by atoms with van der Waals surface area (Å²) in [7, 11) is 0. The van der Waals surface area contributed by atoms with Crippen molar-refractivity contribution in [3.63, 3.8) is 0 Å². The highest BCUT2D eigenvalue weighted by Gasteiger charge is 2.24. The van der Waals surface area contributed by atoms with E-state index >= 15 is 0 Å². The van der Waals surface area contributed by atoms with Crippen molar-refractivity contribution in [2.75, 3.05) is 6.54 Å². The van der Waals surface area contributed by atoms with E-state index in [1.165, 1.54) is 5.56 Å². The minimum absolute atomic E-state index is 0.433. The molecule has 4 heteroatoms. The first kappa shape index (κ1) is 11.1. The fraction of sp³-hybridized carbons (Fsp3) is 0.417. The Balaban J connectivity index is 1.93. The van der Waals surface area contributed by atoms with Crippen LogP contribution in [0.2, 0.25) is 0 Å². The van der Waals surface area contributed by atoms with Gasteiger partial charge in [-0.05, 0) is 18.4 Å². The Kier molecular flexibility index (Phi) is 3.54. The van der Waals surface area contributed by atoms with Crippen molar-refractivity contribution in [1.82, 2.24) is 10.4 Å². The number of nitrogens with zero attached hydrogens (tertiary/aromatic N) is 1. The van der Waals surface area contributed by atoms with E-state index < -0.39 is 12.0 Å². The summed E-state index contributed by atoms with van der Waals surface area (Å²) < 4.78 is 0. The molecule has 0 amide bonds. The minimum Gasteiger partial charge on any atom is -0.480 e. The molecule has 0 bridgehead atoms. The lowest BCUT2D eigenvalue weighted by Gasteiger charge is -2.31. The van der Waals surface area contributed by atoms with Crippen LogP contribution in [0, 0.1) is 0 Å². The van der Waals surface area contributed by atoms with Gasteiger partial charge in [-0.1, -0.05) is 30.3 Å². The standard InChI is InChI=1S/C12H16N2O2/c15-12(16)11-7-4-8-14(13-11)9-10-5-2-1-3-6-10/h1-3,5-6,11,13H,4,7-9H2,(H,15,16). The summed E-state index contributed by atoms with van der Waals surface area (Å²) in [5.74, 6) is -0.766. The van der Waals surface area contributed by atoms with E-state index in [2.05, 4.69) is 5.43 Å². The van der Waals surface area contributed by atoms with Gasteiger partial charge in [0.15, 0.2) is 0 Å². The second kappa shape index (κ2) is 5.09. The lowest BCUT2D eigenvalue weighted by atomic mass is 10.1. The highest BCUT2D eigenvalue weighted by molar-refractivity contribution is 5.73. The first-order valence-corrected chi connectivity index (χ1v) is 5.53. The van der Waals surface area contributed by atoms with E-state index in [0.717, 1.165) is 19.5 Å². The van der Waals surface area contributed by atoms with Gasteiger partial charge in [0.05, 0.1) is 0 Å². The van der Waals surface area contributed by atoms with E-state index in [1.54, 1.807) is 0 Å². The molecule has 1 heterocycles. The summed E-state index contributed by atoms with van der Waals surface area (Å²) in [6.45, 7) is 1.66. The van der Waals surface area contributed by atoms with Gasteiger partial charge in [0.2, 0.25) is 0 Å². The van der Waals surface area contributed by atoms with Crippen molar-refractivity contribution in [1.29, 1.82) is 0 Å². The molecule has 1 fully saturated rings. The maximum atomic E-state index is 10.9. The summed E-state index contributed by atoms with van der Waals surface area (Å²) in [5.41, 5.74) is 4.23. The molecular weight excluding hydrogens is 204 g/mol. The van der Waals surface area contributed by atoms with Crippen LogP contribution in [0.3, 0.4) is 0 Å². The molecule has 1 aromatic rings. The molecule has 2 rings (SSSR count). The van der Waals surface area contributed by atoms with E-state index in [1.807, 2.05) is 35.3 Å². The zero-order valence-corrected chi connectivity index (χ0v) is 9.10. The van der Waals surface area contributed by atoms with Crippen molar-refractivity contribution in [3.05, 3.63) is 35.9 Å². The summed E-state index contributed by atoms with van der Waals surface area (Å²) in [6.07, 6.45) is 1.64. The lowest BCUT2D eigenvalue weighted by molar-refractivity contribution is -0.142. The smallest absolute Gasteiger partial charge is 0.322 e. The second-order valence-corrected chi connectivity index (χ2v) is 4.07. The van der Waals surface area contributed by atoms with Crippen LogP contribution in [0.25, 0.3) is 0 Å². The van der Waals surface area contributed by atoms with Crippen LogP contribution in [-0.4, -0.2) is 28.7 Å². The van der Waals surface area contributed by atoms with Crippen molar-refractivity contribution in [3.8, 4) is 0 Å². The Hall–Kier alpha value is -1.39. The van der Waals surface area contributed by atoms with Gasteiger partial charge in [0.1, 0.15) is 6.04 Å². The van der Waals surface area contributed by atoms with Crippen molar-refractivity contribution in [2.24, 2.45) is 0 Å². The second-order valence-electron chi connectivity index (χ2n) is 4.07. The molecule has 4 nitrogen and oxygen atoms in total. The molecule has 0 saturated carbocycles. The normalized spacial score (nSPS) is 21.9. The quantitative estimate of drug-likeness (QED) is 0.804. The van der Waals surface area contributed by atoms with Crippen LogP contribution in [0.15, 0.2) is 30.3 Å². The highest BCUT2D eigenvalue weighted by Crippen LogP contribution is 2.10. The third kappa shape index (κ3) is 2.81. The number of carboxylic acids is 1. The van der Waals surface area contributed by atoms with E-state index in [0.29, 0.717) is 6.42 Å². The van der Waals surface area contributed by atoms with Crippen LogP contribution in [0.4, 0.5) is 0 Å². The van der Waals surface area contributed by atoms with Gasteiger partial charge < -0.3 is 5.11 Å². The molecule has 86 valence electrons. The van der Waals surface area contributed by atoms with Crippen molar-refractivity contribution < 1.29 is 9.90 Å². The molecule has 2 N–H and O–H groups in total. The number of carboxylic acid groups (broad SMARTS) is 1. The van der Waals surface area contributed by atoms with Crippen molar-refractivity contribution in [2.45, 2.75) is 25.4 Å². The fourth-order valence-corrected chi connectivity index (χ4v) is 1.94. The summed E-state index contributed by atoms with van der Waals surface area (Å²) >= 11 is 0. The average molecular weight is 220 g/mol. The number of nitrogens with one attached hydrogen (secondary N) is 1. The molecule has 1 aliphatic heterocycles. The maximum absolute atomic E-state index is 10.9. The molecule has 1 unspecified atom stereocenters. The Labute approximate surface area is 94.9 Å². The fourth-order valence-electron chi connectivity index (χ4n) is 1.94. The highest BCUT2D eigenvalue weighted by atomic mass is 16.4. The van der Waals surface area contributed by atoms with Crippen LogP contribution < -0.4 is 5.43 Å². The van der Waals surface area contributed by atoms with E-state index in [9.17, 15) is 4.79 Å². The first-order valence-electron chi connectivity index (χ1n) is 5.53. The maximum Gasteiger partial charge on any atom is 0.322 e. The number of aliphatic carboxylic acids is 1. The van der Waals surface area contributed by atoms with Gasteiger partial charge in [0, 0.05) is 13.1 Å². The summed E-state index contributed by atoms with van der Waals surface area (Å²) in [5, 5.41) is 10.9. The molecular formula is C12H16N2O2. The minimum atomic E-state index is -0.766. The number of carbonyl (C=O) groups is 1. The average Bonchev–Trinajstić information content (AvgIpc) is 2.30. The molecule has 0 spiro atoms. The molecule has 1 atom stereocenters. The Bertz CT molecular complexity index is 353. The van der Waals surface area contributed by atoms with Gasteiger partial charge in [-0.25, -0.2) is 10.4 Å². The van der Waals surface area contributed by atoms with Gasteiger partial charge >= 0.3 is 5.97 Å². The summed E-state index contributed by atoms with van der Waals surface area (Å²) in [4.78, 5) is 10.9. The van der Waals surface area contributed by atoms with E-state index in [4.69, 9.17) is 5.11 Å².